The molecule has 4 atom stereocenters. The summed E-state index contributed by atoms with van der Waals surface area (Å²) in [7, 11) is 0. The van der Waals surface area contributed by atoms with Crippen molar-refractivity contribution >= 4 is 23.7 Å². The molecule has 2 aromatic carbocycles. The Morgan fingerprint density at radius 3 is 1.90 bits per heavy atom. The lowest BCUT2D eigenvalue weighted by molar-refractivity contribution is -0.142. The lowest BCUT2D eigenvalue weighted by Gasteiger charge is -2.26. The van der Waals surface area contributed by atoms with Gasteiger partial charge in [0.05, 0.1) is 6.04 Å². The van der Waals surface area contributed by atoms with E-state index in [-0.39, 0.29) is 24.5 Å². The molecule has 9 N–H and O–H groups in total. The van der Waals surface area contributed by atoms with Gasteiger partial charge in [-0.2, -0.15) is 0 Å². The summed E-state index contributed by atoms with van der Waals surface area (Å²) < 4.78 is 0. The molecule has 0 aliphatic carbocycles. The molecule has 0 bridgehead atoms. The monoisotopic (exact) mass is 569 g/mol. The van der Waals surface area contributed by atoms with Crippen molar-refractivity contribution in [3.8, 4) is 5.75 Å². The van der Waals surface area contributed by atoms with E-state index >= 15 is 0 Å². The number of nitrogens with two attached hydrogens (primary N) is 2. The van der Waals surface area contributed by atoms with Crippen LogP contribution in [0.5, 0.6) is 5.75 Å². The average Bonchev–Trinajstić information content (AvgIpc) is 2.93. The Bertz CT molecular complexity index is 1130. The molecule has 11 nitrogen and oxygen atoms in total. The van der Waals surface area contributed by atoms with Gasteiger partial charge in [0.2, 0.25) is 17.7 Å². The number of carboxylic acids is 1. The van der Waals surface area contributed by atoms with Gasteiger partial charge >= 0.3 is 5.97 Å². The summed E-state index contributed by atoms with van der Waals surface area (Å²) in [4.78, 5) is 51.4. The number of carbonyl (C=O) groups is 4. The molecular formula is C30H43N5O6. The Hall–Kier alpha value is -3.96. The molecule has 2 rings (SSSR count). The van der Waals surface area contributed by atoms with Crippen LogP contribution < -0.4 is 27.4 Å². The number of carboxylic acid groups (broad SMARTS) is 1. The Morgan fingerprint density at radius 2 is 1.32 bits per heavy atom. The van der Waals surface area contributed by atoms with Crippen LogP contribution in [0.15, 0.2) is 54.6 Å². The number of unbranched alkanes of at least 4 members (excludes halogenated alkanes) is 1. The normalized spacial score (nSPS) is 14.0. The zero-order valence-corrected chi connectivity index (χ0v) is 23.7. The summed E-state index contributed by atoms with van der Waals surface area (Å²) in [5.41, 5.74) is 13.2. The van der Waals surface area contributed by atoms with Gasteiger partial charge in [0.15, 0.2) is 0 Å². The van der Waals surface area contributed by atoms with Gasteiger partial charge < -0.3 is 37.6 Å². The smallest absolute Gasteiger partial charge is 0.326 e. The fourth-order valence-electron chi connectivity index (χ4n) is 4.32. The van der Waals surface area contributed by atoms with Gasteiger partial charge in [-0.15, -0.1) is 0 Å². The fourth-order valence-corrected chi connectivity index (χ4v) is 4.32. The van der Waals surface area contributed by atoms with Crippen LogP contribution in [0.2, 0.25) is 0 Å². The number of amides is 3. The summed E-state index contributed by atoms with van der Waals surface area (Å²) in [6.45, 7) is 4.17. The predicted octanol–water partition coefficient (Wildman–Crippen LogP) is 1.22. The van der Waals surface area contributed by atoms with Crippen LogP contribution in [0.3, 0.4) is 0 Å². The molecule has 2 aromatic rings. The van der Waals surface area contributed by atoms with Gasteiger partial charge in [-0.05, 0) is 67.8 Å². The SMILES string of the molecule is CC(C)CC(NC(=O)C(CCCCN)NC(=O)C(N)Cc1ccccc1)C(=O)NC(Cc1ccc(O)cc1)C(=O)O. The second kappa shape index (κ2) is 17.0. The van der Waals surface area contributed by atoms with E-state index in [1.807, 2.05) is 44.2 Å². The molecule has 4 unspecified atom stereocenters. The quantitative estimate of drug-likeness (QED) is 0.138. The molecule has 3 amide bonds. The number of hydrogen-bond acceptors (Lipinski definition) is 7. The third-order valence-corrected chi connectivity index (χ3v) is 6.55. The predicted molar refractivity (Wildman–Crippen MR) is 156 cm³/mol. The first-order valence-corrected chi connectivity index (χ1v) is 13.9. The summed E-state index contributed by atoms with van der Waals surface area (Å²) in [6.07, 6.45) is 2.03. The van der Waals surface area contributed by atoms with Crippen LogP contribution >= 0.6 is 0 Å². The van der Waals surface area contributed by atoms with Gasteiger partial charge in [-0.1, -0.05) is 56.3 Å². The average molecular weight is 570 g/mol. The van der Waals surface area contributed by atoms with Crippen molar-refractivity contribution in [2.75, 3.05) is 6.54 Å². The van der Waals surface area contributed by atoms with Gasteiger partial charge in [0.25, 0.3) is 0 Å². The van der Waals surface area contributed by atoms with E-state index in [4.69, 9.17) is 11.5 Å². The molecule has 224 valence electrons. The van der Waals surface area contributed by atoms with E-state index < -0.39 is 47.9 Å². The second-order valence-corrected chi connectivity index (χ2v) is 10.6. The van der Waals surface area contributed by atoms with E-state index in [9.17, 15) is 29.4 Å². The van der Waals surface area contributed by atoms with E-state index in [0.29, 0.717) is 37.8 Å². The zero-order chi connectivity index (χ0) is 30.4. The highest BCUT2D eigenvalue weighted by atomic mass is 16.4. The van der Waals surface area contributed by atoms with Crippen molar-refractivity contribution in [3.63, 3.8) is 0 Å². The maximum atomic E-state index is 13.4. The minimum Gasteiger partial charge on any atom is -0.508 e. The highest BCUT2D eigenvalue weighted by Crippen LogP contribution is 2.13. The number of aromatic hydroxyl groups is 1. The summed E-state index contributed by atoms with van der Waals surface area (Å²) in [6, 6.07) is 11.2. The van der Waals surface area contributed by atoms with Gasteiger partial charge in [-0.25, -0.2) is 4.79 Å². The maximum Gasteiger partial charge on any atom is 0.326 e. The largest absolute Gasteiger partial charge is 0.508 e. The highest BCUT2D eigenvalue weighted by molar-refractivity contribution is 5.94. The Balaban J connectivity index is 2.13. The first-order chi connectivity index (χ1) is 19.5. The summed E-state index contributed by atoms with van der Waals surface area (Å²) in [5.74, 6) is -2.90. The van der Waals surface area contributed by atoms with E-state index in [0.717, 1.165) is 5.56 Å². The van der Waals surface area contributed by atoms with E-state index in [2.05, 4.69) is 16.0 Å². The second-order valence-electron chi connectivity index (χ2n) is 10.6. The van der Waals surface area contributed by atoms with Gasteiger partial charge in [-0.3, -0.25) is 14.4 Å². The van der Waals surface area contributed by atoms with E-state index in [1.165, 1.54) is 12.1 Å². The van der Waals surface area contributed by atoms with Crippen molar-refractivity contribution in [1.82, 2.24) is 16.0 Å². The number of rotatable bonds is 17. The molecular weight excluding hydrogens is 526 g/mol. The lowest BCUT2D eigenvalue weighted by atomic mass is 10.00. The van der Waals surface area contributed by atoms with Gasteiger partial charge in [0.1, 0.15) is 23.9 Å². The summed E-state index contributed by atoms with van der Waals surface area (Å²) in [5, 5.41) is 27.2. The number of benzene rings is 2. The standard InChI is InChI=1S/C30H43N5O6/c1-19(2)16-25(29(39)35-26(30(40)41)18-21-11-13-22(36)14-12-21)34-28(38)24(10-6-7-15-31)33-27(37)23(32)17-20-8-4-3-5-9-20/h3-5,8-9,11-14,19,23-26,36H,6-7,10,15-18,31-32H2,1-2H3,(H,33,37)(H,34,38)(H,35,39)(H,40,41). The molecule has 0 heterocycles. The van der Waals surface area contributed by atoms with E-state index in [1.54, 1.807) is 12.1 Å². The third-order valence-electron chi connectivity index (χ3n) is 6.55. The first kappa shape index (κ1) is 33.2. The molecule has 0 aromatic heterocycles. The minimum atomic E-state index is -1.25. The Kier molecular flexibility index (Phi) is 13.8. The van der Waals surface area contributed by atoms with Crippen LogP contribution in [0, 0.1) is 5.92 Å². The van der Waals surface area contributed by atoms with Crippen molar-refractivity contribution in [3.05, 3.63) is 65.7 Å². The molecule has 0 aliphatic heterocycles. The number of carbonyl (C=O) groups excluding carboxylic acids is 3. The van der Waals surface area contributed by atoms with Crippen LogP contribution in [-0.2, 0) is 32.0 Å². The Morgan fingerprint density at radius 1 is 0.756 bits per heavy atom. The van der Waals surface area contributed by atoms with Crippen molar-refractivity contribution in [2.45, 2.75) is 76.5 Å². The van der Waals surface area contributed by atoms with Crippen molar-refractivity contribution in [2.24, 2.45) is 17.4 Å². The molecule has 0 aliphatic rings. The maximum absolute atomic E-state index is 13.4. The number of phenols is 1. The molecule has 0 saturated carbocycles. The molecule has 0 fully saturated rings. The molecule has 41 heavy (non-hydrogen) atoms. The zero-order valence-electron chi connectivity index (χ0n) is 23.7. The van der Waals surface area contributed by atoms with Crippen LogP contribution in [0.1, 0.15) is 50.7 Å². The van der Waals surface area contributed by atoms with Crippen molar-refractivity contribution in [1.29, 1.82) is 0 Å². The van der Waals surface area contributed by atoms with Gasteiger partial charge in [0, 0.05) is 6.42 Å². The van der Waals surface area contributed by atoms with Crippen LogP contribution in [0.4, 0.5) is 0 Å². The third kappa shape index (κ3) is 12.0. The molecule has 0 saturated heterocycles. The fraction of sp³-hybridized carbons (Fsp3) is 0.467. The number of phenolic OH excluding ortho intramolecular Hbond substituents is 1. The topological polar surface area (TPSA) is 197 Å². The van der Waals surface area contributed by atoms with Crippen LogP contribution in [0.25, 0.3) is 0 Å². The minimum absolute atomic E-state index is 0.00370. The number of hydrogen-bond donors (Lipinski definition) is 7. The van der Waals surface area contributed by atoms with Crippen LogP contribution in [-0.4, -0.2) is 64.6 Å². The number of aliphatic carboxylic acids is 1. The Labute approximate surface area is 241 Å². The molecule has 11 heteroatoms. The highest BCUT2D eigenvalue weighted by Gasteiger charge is 2.30. The molecule has 0 radical (unpaired) electrons. The lowest BCUT2D eigenvalue weighted by Crippen LogP contribution is -2.57. The summed E-state index contributed by atoms with van der Waals surface area (Å²) >= 11 is 0. The molecule has 0 spiro atoms. The van der Waals surface area contributed by atoms with Crippen molar-refractivity contribution < 1.29 is 29.4 Å². The first-order valence-electron chi connectivity index (χ1n) is 13.9. The number of nitrogens with one attached hydrogen (secondary N) is 3.